The van der Waals surface area contributed by atoms with Crippen molar-refractivity contribution < 1.29 is 13.9 Å². The van der Waals surface area contributed by atoms with E-state index in [2.05, 4.69) is 33.4 Å². The fourth-order valence-electron chi connectivity index (χ4n) is 2.19. The van der Waals surface area contributed by atoms with Crippen molar-refractivity contribution in [2.24, 2.45) is 0 Å². The third kappa shape index (κ3) is 3.49. The highest BCUT2D eigenvalue weighted by atomic mass is 79.9. The number of hydrogen-bond donors (Lipinski definition) is 2. The van der Waals surface area contributed by atoms with E-state index >= 15 is 0 Å². The Bertz CT molecular complexity index is 396. The second-order valence-corrected chi connectivity index (χ2v) is 5.65. The summed E-state index contributed by atoms with van der Waals surface area (Å²) in [6.45, 7) is -0.0342. The van der Waals surface area contributed by atoms with Crippen LogP contribution < -0.4 is 5.32 Å². The van der Waals surface area contributed by atoms with E-state index in [9.17, 15) is 8.78 Å². The van der Waals surface area contributed by atoms with Crippen LogP contribution in [0.2, 0.25) is 0 Å². The van der Waals surface area contributed by atoms with Crippen molar-refractivity contribution in [3.8, 4) is 0 Å². The molecule has 2 nitrogen and oxygen atoms in total. The molecule has 1 aliphatic carbocycles. The summed E-state index contributed by atoms with van der Waals surface area (Å²) in [5.41, 5.74) is 1.27. The molecule has 2 N–H and O–H groups in total. The lowest BCUT2D eigenvalue weighted by Crippen LogP contribution is -2.44. The molecule has 100 valence electrons. The van der Waals surface area contributed by atoms with E-state index in [-0.39, 0.29) is 12.6 Å². The summed E-state index contributed by atoms with van der Waals surface area (Å²) in [4.78, 5) is 0. The molecule has 0 aliphatic heterocycles. The van der Waals surface area contributed by atoms with Crippen LogP contribution in [0.5, 0.6) is 0 Å². The maximum Gasteiger partial charge on any atom is 0.265 e. The summed E-state index contributed by atoms with van der Waals surface area (Å²) in [6.07, 6.45) is -2.35. The monoisotopic (exact) mass is 319 g/mol. The summed E-state index contributed by atoms with van der Waals surface area (Å²) in [5, 5.41) is 12.0. The molecule has 1 aromatic carbocycles. The molecule has 0 radical (unpaired) electrons. The molecule has 0 aromatic heterocycles. The van der Waals surface area contributed by atoms with Crippen molar-refractivity contribution in [1.29, 1.82) is 0 Å². The molecular formula is C13H16BrF2NO. The Morgan fingerprint density at radius 3 is 2.72 bits per heavy atom. The zero-order valence-corrected chi connectivity index (χ0v) is 11.4. The van der Waals surface area contributed by atoms with Gasteiger partial charge in [0, 0.05) is 17.1 Å². The highest BCUT2D eigenvalue weighted by Gasteiger charge is 2.31. The average molecular weight is 320 g/mol. The molecule has 0 saturated heterocycles. The maximum absolute atomic E-state index is 12.1. The first kappa shape index (κ1) is 13.9. The quantitative estimate of drug-likeness (QED) is 0.874. The van der Waals surface area contributed by atoms with Crippen LogP contribution in [0.25, 0.3) is 0 Å². The van der Waals surface area contributed by atoms with Crippen molar-refractivity contribution in [1.82, 2.24) is 5.32 Å². The molecule has 2 rings (SSSR count). The van der Waals surface area contributed by atoms with Crippen LogP contribution in [0.1, 0.15) is 24.3 Å². The second kappa shape index (κ2) is 6.08. The predicted molar refractivity (Wildman–Crippen MR) is 69.9 cm³/mol. The number of halogens is 3. The second-order valence-electron chi connectivity index (χ2n) is 4.73. The molecule has 1 aliphatic rings. The van der Waals surface area contributed by atoms with Crippen molar-refractivity contribution in [3.63, 3.8) is 0 Å². The molecule has 0 spiro atoms. The van der Waals surface area contributed by atoms with Gasteiger partial charge in [0.2, 0.25) is 0 Å². The third-order valence-electron chi connectivity index (χ3n) is 3.36. The first-order valence-electron chi connectivity index (χ1n) is 6.01. The van der Waals surface area contributed by atoms with Gasteiger partial charge in [-0.05, 0) is 36.5 Å². The molecule has 1 aromatic rings. The first-order chi connectivity index (χ1) is 8.56. The van der Waals surface area contributed by atoms with Crippen LogP contribution in [0.3, 0.4) is 0 Å². The lowest BCUT2D eigenvalue weighted by atomic mass is 9.76. The Labute approximate surface area is 114 Å². The number of alkyl halides is 2. The standard InChI is InChI=1S/C13H16BrF2NO/c14-10-3-1-2-8(4-10)9-5-11(6-9)17-7-12(18)13(15)16/h1-4,9,11-13,17-18H,5-7H2. The Hall–Kier alpha value is -0.520. The minimum atomic E-state index is -2.67. The van der Waals surface area contributed by atoms with E-state index < -0.39 is 12.5 Å². The molecule has 0 bridgehead atoms. The van der Waals surface area contributed by atoms with Crippen LogP contribution in [0, 0.1) is 0 Å². The Balaban J connectivity index is 1.74. The van der Waals surface area contributed by atoms with Crippen LogP contribution in [0.15, 0.2) is 28.7 Å². The maximum atomic E-state index is 12.1. The summed E-state index contributed by atoms with van der Waals surface area (Å²) in [5.74, 6) is 0.490. The van der Waals surface area contributed by atoms with Crippen LogP contribution in [-0.2, 0) is 0 Å². The van der Waals surface area contributed by atoms with Gasteiger partial charge in [-0.15, -0.1) is 0 Å². The average Bonchev–Trinajstić information content (AvgIpc) is 2.26. The lowest BCUT2D eigenvalue weighted by molar-refractivity contribution is -0.00634. The van der Waals surface area contributed by atoms with Gasteiger partial charge in [-0.3, -0.25) is 0 Å². The number of rotatable bonds is 5. The van der Waals surface area contributed by atoms with Crippen molar-refractivity contribution in [2.45, 2.75) is 37.3 Å². The van der Waals surface area contributed by atoms with Crippen LogP contribution >= 0.6 is 15.9 Å². The van der Waals surface area contributed by atoms with Crippen LogP contribution in [0.4, 0.5) is 8.78 Å². The summed E-state index contributed by atoms with van der Waals surface area (Å²) < 4.78 is 25.2. The molecule has 0 amide bonds. The number of aliphatic hydroxyl groups excluding tert-OH is 1. The largest absolute Gasteiger partial charge is 0.386 e. The summed E-state index contributed by atoms with van der Waals surface area (Å²) >= 11 is 3.43. The van der Waals surface area contributed by atoms with Gasteiger partial charge >= 0.3 is 0 Å². The van der Waals surface area contributed by atoms with Gasteiger partial charge < -0.3 is 10.4 Å². The van der Waals surface area contributed by atoms with Gasteiger partial charge in [0.05, 0.1) is 0 Å². The highest BCUT2D eigenvalue weighted by Crippen LogP contribution is 2.37. The number of aliphatic hydroxyl groups is 1. The van der Waals surface area contributed by atoms with E-state index in [4.69, 9.17) is 5.11 Å². The van der Waals surface area contributed by atoms with Gasteiger partial charge in [-0.1, -0.05) is 28.1 Å². The molecule has 5 heteroatoms. The molecule has 0 heterocycles. The zero-order valence-electron chi connectivity index (χ0n) is 9.82. The minimum absolute atomic E-state index is 0.0342. The molecule has 1 unspecified atom stereocenters. The van der Waals surface area contributed by atoms with E-state index in [0.29, 0.717) is 5.92 Å². The van der Waals surface area contributed by atoms with Gasteiger partial charge in [0.1, 0.15) is 6.10 Å². The van der Waals surface area contributed by atoms with Crippen molar-refractivity contribution >= 4 is 15.9 Å². The molecule has 1 saturated carbocycles. The SMILES string of the molecule is OC(CNC1CC(c2cccc(Br)c2)C1)C(F)F. The summed E-state index contributed by atoms with van der Waals surface area (Å²) in [6, 6.07) is 8.40. The molecule has 1 fully saturated rings. The Kier molecular flexibility index (Phi) is 4.70. The fourth-order valence-corrected chi connectivity index (χ4v) is 2.61. The molecule has 18 heavy (non-hydrogen) atoms. The van der Waals surface area contributed by atoms with Gasteiger partial charge in [0.15, 0.2) is 0 Å². The van der Waals surface area contributed by atoms with Gasteiger partial charge in [0.25, 0.3) is 6.43 Å². The van der Waals surface area contributed by atoms with E-state index in [1.807, 2.05) is 12.1 Å². The smallest absolute Gasteiger partial charge is 0.265 e. The number of hydrogen-bond acceptors (Lipinski definition) is 2. The van der Waals surface area contributed by atoms with Gasteiger partial charge in [-0.25, -0.2) is 8.78 Å². The Morgan fingerprint density at radius 1 is 1.39 bits per heavy atom. The third-order valence-corrected chi connectivity index (χ3v) is 3.86. The molecular weight excluding hydrogens is 304 g/mol. The minimum Gasteiger partial charge on any atom is -0.386 e. The van der Waals surface area contributed by atoms with Crippen molar-refractivity contribution in [2.75, 3.05) is 6.54 Å². The zero-order chi connectivity index (χ0) is 13.1. The fraction of sp³-hybridized carbons (Fsp3) is 0.538. The lowest BCUT2D eigenvalue weighted by Gasteiger charge is -2.37. The van der Waals surface area contributed by atoms with E-state index in [1.165, 1.54) is 5.56 Å². The van der Waals surface area contributed by atoms with Crippen molar-refractivity contribution in [3.05, 3.63) is 34.3 Å². The topological polar surface area (TPSA) is 32.3 Å². The number of nitrogens with one attached hydrogen (secondary N) is 1. The number of benzene rings is 1. The molecule has 1 atom stereocenters. The predicted octanol–water partition coefficient (Wildman–Crippen LogP) is 2.91. The van der Waals surface area contributed by atoms with Crippen LogP contribution in [-0.4, -0.2) is 30.2 Å². The normalized spacial score (nSPS) is 24.9. The summed E-state index contributed by atoms with van der Waals surface area (Å²) in [7, 11) is 0. The Morgan fingerprint density at radius 2 is 2.11 bits per heavy atom. The van der Waals surface area contributed by atoms with E-state index in [0.717, 1.165) is 17.3 Å². The first-order valence-corrected chi connectivity index (χ1v) is 6.80. The van der Waals surface area contributed by atoms with E-state index in [1.54, 1.807) is 0 Å². The highest BCUT2D eigenvalue weighted by molar-refractivity contribution is 9.10. The van der Waals surface area contributed by atoms with Gasteiger partial charge in [-0.2, -0.15) is 0 Å².